The summed E-state index contributed by atoms with van der Waals surface area (Å²) in [4.78, 5) is 11.8. The van der Waals surface area contributed by atoms with E-state index in [2.05, 4.69) is 5.32 Å². The summed E-state index contributed by atoms with van der Waals surface area (Å²) in [5.74, 6) is 0.0297. The van der Waals surface area contributed by atoms with Crippen LogP contribution in [0.4, 0.5) is 0 Å². The van der Waals surface area contributed by atoms with Gasteiger partial charge in [-0.3, -0.25) is 4.79 Å². The number of carbonyl (C=O) groups is 1. The molecule has 1 aromatic rings. The molecule has 6 heteroatoms. The molecule has 1 rings (SSSR count). The number of carbonyl (C=O) groups excluding carboxylic acids is 1. The van der Waals surface area contributed by atoms with Crippen molar-refractivity contribution < 1.29 is 13.2 Å². The maximum atomic E-state index is 11.6. The van der Waals surface area contributed by atoms with E-state index in [9.17, 15) is 13.2 Å². The van der Waals surface area contributed by atoms with Crippen molar-refractivity contribution in [2.45, 2.75) is 38.5 Å². The minimum Gasteiger partial charge on any atom is -0.356 e. The number of nitrogens with two attached hydrogens (primary N) is 1. The number of primary sulfonamides is 1. The lowest BCUT2D eigenvalue weighted by Gasteiger charge is -2.17. The van der Waals surface area contributed by atoms with Crippen molar-refractivity contribution in [2.24, 2.45) is 10.6 Å². The highest BCUT2D eigenvalue weighted by Crippen LogP contribution is 2.13. The fourth-order valence-corrected chi connectivity index (χ4v) is 2.12. The van der Waals surface area contributed by atoms with E-state index in [0.717, 1.165) is 18.4 Å². The van der Waals surface area contributed by atoms with E-state index in [-0.39, 0.29) is 16.2 Å². The predicted molar refractivity (Wildman–Crippen MR) is 78.6 cm³/mol. The van der Waals surface area contributed by atoms with Gasteiger partial charge in [-0.25, -0.2) is 13.6 Å². The van der Waals surface area contributed by atoms with Gasteiger partial charge in [0.15, 0.2) is 0 Å². The standard InChI is InChI=1S/C14H22N2O3S/c1-14(2,3)13(17)16-10-4-5-11-6-8-12(9-7-11)20(15,18)19/h6-9H,4-5,10H2,1-3H3,(H,16,17)(H2,15,18,19). The van der Waals surface area contributed by atoms with E-state index in [1.165, 1.54) is 12.1 Å². The first-order chi connectivity index (χ1) is 9.10. The normalized spacial score (nSPS) is 12.2. The van der Waals surface area contributed by atoms with E-state index in [0.29, 0.717) is 6.54 Å². The second kappa shape index (κ2) is 6.37. The molecule has 0 aromatic heterocycles. The molecule has 0 spiro atoms. The third kappa shape index (κ3) is 5.30. The fraction of sp³-hybridized carbons (Fsp3) is 0.500. The Morgan fingerprint density at radius 1 is 1.20 bits per heavy atom. The molecule has 0 atom stereocenters. The van der Waals surface area contributed by atoms with Gasteiger partial charge < -0.3 is 5.32 Å². The lowest BCUT2D eigenvalue weighted by atomic mass is 9.95. The van der Waals surface area contributed by atoms with E-state index < -0.39 is 10.0 Å². The molecule has 3 N–H and O–H groups in total. The largest absolute Gasteiger partial charge is 0.356 e. The van der Waals surface area contributed by atoms with Crippen molar-refractivity contribution in [1.29, 1.82) is 0 Å². The number of sulfonamides is 1. The summed E-state index contributed by atoms with van der Waals surface area (Å²) in [5, 5.41) is 7.90. The first kappa shape index (κ1) is 16.7. The summed E-state index contributed by atoms with van der Waals surface area (Å²) in [6, 6.07) is 6.48. The van der Waals surface area contributed by atoms with Crippen LogP contribution in [0.3, 0.4) is 0 Å². The monoisotopic (exact) mass is 298 g/mol. The molecule has 0 saturated carbocycles. The van der Waals surface area contributed by atoms with Crippen LogP contribution in [0, 0.1) is 5.41 Å². The quantitative estimate of drug-likeness (QED) is 0.806. The van der Waals surface area contributed by atoms with Gasteiger partial charge in [-0.05, 0) is 30.5 Å². The highest BCUT2D eigenvalue weighted by Gasteiger charge is 2.20. The Balaban J connectivity index is 2.42. The molecule has 1 aromatic carbocycles. The molecule has 0 aliphatic rings. The van der Waals surface area contributed by atoms with Crippen LogP contribution in [0.1, 0.15) is 32.8 Å². The van der Waals surface area contributed by atoms with E-state index in [1.807, 2.05) is 20.8 Å². The van der Waals surface area contributed by atoms with Gasteiger partial charge in [-0.1, -0.05) is 32.9 Å². The van der Waals surface area contributed by atoms with Crippen molar-refractivity contribution in [2.75, 3.05) is 6.54 Å². The van der Waals surface area contributed by atoms with Crippen molar-refractivity contribution in [3.05, 3.63) is 29.8 Å². The predicted octanol–water partition coefficient (Wildman–Crippen LogP) is 1.43. The van der Waals surface area contributed by atoms with E-state index in [4.69, 9.17) is 5.14 Å². The summed E-state index contributed by atoms with van der Waals surface area (Å²) >= 11 is 0. The van der Waals surface area contributed by atoms with Crippen LogP contribution in [0.2, 0.25) is 0 Å². The number of hydrogen-bond acceptors (Lipinski definition) is 3. The summed E-state index contributed by atoms with van der Waals surface area (Å²) in [6.45, 7) is 6.21. The van der Waals surface area contributed by atoms with Crippen molar-refractivity contribution >= 4 is 15.9 Å². The Kier molecular flexibility index (Phi) is 5.30. The molecule has 5 nitrogen and oxygen atoms in total. The maximum Gasteiger partial charge on any atom is 0.238 e. The minimum atomic E-state index is -3.63. The Morgan fingerprint density at radius 3 is 2.20 bits per heavy atom. The van der Waals surface area contributed by atoms with Gasteiger partial charge in [0.2, 0.25) is 15.9 Å². The van der Waals surface area contributed by atoms with Crippen LogP contribution in [-0.2, 0) is 21.2 Å². The van der Waals surface area contributed by atoms with E-state index in [1.54, 1.807) is 12.1 Å². The Bertz CT molecular complexity index is 557. The molecule has 0 unspecified atom stereocenters. The Hall–Kier alpha value is -1.40. The molecular weight excluding hydrogens is 276 g/mol. The van der Waals surface area contributed by atoms with E-state index >= 15 is 0 Å². The number of benzene rings is 1. The first-order valence-corrected chi connectivity index (χ1v) is 8.05. The van der Waals surface area contributed by atoms with Crippen LogP contribution >= 0.6 is 0 Å². The van der Waals surface area contributed by atoms with Crippen LogP contribution < -0.4 is 10.5 Å². The zero-order chi connectivity index (χ0) is 15.4. The number of rotatable bonds is 5. The van der Waals surface area contributed by atoms with Crippen LogP contribution in [0.25, 0.3) is 0 Å². The number of amides is 1. The minimum absolute atomic E-state index is 0.0297. The maximum absolute atomic E-state index is 11.6. The van der Waals surface area contributed by atoms with Gasteiger partial charge >= 0.3 is 0 Å². The highest BCUT2D eigenvalue weighted by atomic mass is 32.2. The van der Waals surface area contributed by atoms with Crippen LogP contribution in [-0.4, -0.2) is 20.9 Å². The van der Waals surface area contributed by atoms with Crippen LogP contribution in [0.5, 0.6) is 0 Å². The van der Waals surface area contributed by atoms with Crippen molar-refractivity contribution in [3.8, 4) is 0 Å². The molecule has 0 fully saturated rings. The zero-order valence-electron chi connectivity index (χ0n) is 12.1. The highest BCUT2D eigenvalue weighted by molar-refractivity contribution is 7.89. The molecular formula is C14H22N2O3S. The van der Waals surface area contributed by atoms with Gasteiger partial charge in [0.05, 0.1) is 4.90 Å². The average Bonchev–Trinajstić information content (AvgIpc) is 2.32. The topological polar surface area (TPSA) is 89.3 Å². The van der Waals surface area contributed by atoms with Gasteiger partial charge in [0, 0.05) is 12.0 Å². The molecule has 20 heavy (non-hydrogen) atoms. The fourth-order valence-electron chi connectivity index (χ4n) is 1.61. The third-order valence-electron chi connectivity index (χ3n) is 2.86. The molecule has 0 aliphatic heterocycles. The van der Waals surface area contributed by atoms with Gasteiger partial charge in [0.25, 0.3) is 0 Å². The molecule has 0 radical (unpaired) electrons. The Labute approximate surface area is 120 Å². The lowest BCUT2D eigenvalue weighted by molar-refractivity contribution is -0.128. The molecule has 0 heterocycles. The van der Waals surface area contributed by atoms with Gasteiger partial charge in [-0.2, -0.15) is 0 Å². The summed E-state index contributed by atoms with van der Waals surface area (Å²) in [5.41, 5.74) is 0.638. The Morgan fingerprint density at radius 2 is 1.75 bits per heavy atom. The SMILES string of the molecule is CC(C)(C)C(=O)NCCCc1ccc(S(N)(=O)=O)cc1. The molecule has 0 bridgehead atoms. The number of nitrogens with one attached hydrogen (secondary N) is 1. The summed E-state index contributed by atoms with van der Waals surface area (Å²) in [6.07, 6.45) is 1.58. The number of aryl methyl sites for hydroxylation is 1. The molecule has 0 aliphatic carbocycles. The third-order valence-corrected chi connectivity index (χ3v) is 3.79. The summed E-state index contributed by atoms with van der Waals surface area (Å²) < 4.78 is 22.2. The van der Waals surface area contributed by atoms with Crippen molar-refractivity contribution in [1.82, 2.24) is 5.32 Å². The molecule has 112 valence electrons. The first-order valence-electron chi connectivity index (χ1n) is 6.51. The molecule has 0 saturated heterocycles. The van der Waals surface area contributed by atoms with Gasteiger partial charge in [-0.15, -0.1) is 0 Å². The lowest BCUT2D eigenvalue weighted by Crippen LogP contribution is -2.35. The van der Waals surface area contributed by atoms with Crippen molar-refractivity contribution in [3.63, 3.8) is 0 Å². The summed E-state index contributed by atoms with van der Waals surface area (Å²) in [7, 11) is -3.63. The zero-order valence-corrected chi connectivity index (χ0v) is 13.0. The number of hydrogen-bond donors (Lipinski definition) is 2. The molecule has 1 amide bonds. The second-order valence-electron chi connectivity index (χ2n) is 5.80. The smallest absolute Gasteiger partial charge is 0.238 e. The second-order valence-corrected chi connectivity index (χ2v) is 7.36. The average molecular weight is 298 g/mol. The van der Waals surface area contributed by atoms with Crippen LogP contribution in [0.15, 0.2) is 29.2 Å². The van der Waals surface area contributed by atoms with Gasteiger partial charge in [0.1, 0.15) is 0 Å².